The highest BCUT2D eigenvalue weighted by Crippen LogP contribution is 2.64. The Morgan fingerprint density at radius 2 is 1.62 bits per heavy atom. The fraction of sp³-hybridized carbons (Fsp3) is 0.739. The molecule has 1 aromatic rings. The van der Waals surface area contributed by atoms with Gasteiger partial charge in [-0.1, -0.05) is 27.2 Å². The molecule has 3 nitrogen and oxygen atoms in total. The average Bonchev–Trinajstić information content (AvgIpc) is 2.58. The van der Waals surface area contributed by atoms with Gasteiger partial charge in [-0.25, -0.2) is 0 Å². The van der Waals surface area contributed by atoms with Gasteiger partial charge >= 0.3 is 0 Å². The minimum Gasteiger partial charge on any atom is -0.493 e. The van der Waals surface area contributed by atoms with E-state index in [4.69, 9.17) is 14.2 Å². The van der Waals surface area contributed by atoms with E-state index in [1.54, 1.807) is 14.2 Å². The quantitative estimate of drug-likeness (QED) is 0.685. The Morgan fingerprint density at radius 1 is 0.923 bits per heavy atom. The van der Waals surface area contributed by atoms with E-state index < -0.39 is 0 Å². The Bertz CT molecular complexity index is 710. The minimum absolute atomic E-state index is 0.0781. The van der Waals surface area contributed by atoms with Crippen LogP contribution >= 0.6 is 0 Å². The van der Waals surface area contributed by atoms with Gasteiger partial charge in [-0.3, -0.25) is 0 Å². The molecular weight excluding hydrogens is 324 g/mol. The second-order valence-electron chi connectivity index (χ2n) is 9.93. The third-order valence-electron chi connectivity index (χ3n) is 8.07. The molecule has 0 aromatic heterocycles. The van der Waals surface area contributed by atoms with Crippen LogP contribution in [0.1, 0.15) is 65.4 Å². The molecule has 0 amide bonds. The van der Waals surface area contributed by atoms with Crippen molar-refractivity contribution >= 4 is 0 Å². The van der Waals surface area contributed by atoms with Crippen molar-refractivity contribution in [3.63, 3.8) is 0 Å². The molecule has 144 valence electrons. The van der Waals surface area contributed by atoms with Crippen LogP contribution in [0.15, 0.2) is 12.1 Å². The van der Waals surface area contributed by atoms with E-state index >= 15 is 0 Å². The maximum atomic E-state index is 6.71. The van der Waals surface area contributed by atoms with E-state index in [1.807, 2.05) is 6.07 Å². The van der Waals surface area contributed by atoms with Gasteiger partial charge in [0.25, 0.3) is 0 Å². The van der Waals surface area contributed by atoms with Gasteiger partial charge in [0, 0.05) is 12.0 Å². The summed E-state index contributed by atoms with van der Waals surface area (Å²) in [6.07, 6.45) is 7.53. The van der Waals surface area contributed by atoms with E-state index in [0.717, 1.165) is 36.0 Å². The summed E-state index contributed by atoms with van der Waals surface area (Å²) in [7, 11) is 3.40. The molecule has 0 unspecified atom stereocenters. The largest absolute Gasteiger partial charge is 0.493 e. The molecule has 1 aromatic carbocycles. The van der Waals surface area contributed by atoms with Crippen LogP contribution in [0.2, 0.25) is 0 Å². The second kappa shape index (κ2) is 5.81. The third-order valence-corrected chi connectivity index (χ3v) is 8.07. The summed E-state index contributed by atoms with van der Waals surface area (Å²) in [6.45, 7) is 9.88. The SMILES string of the molecule is COc1cc2c(cc1OC)O[C@]1(C)CC[C@H]3C(C)(C)CCC[C@]3(C)[C@H]1C2. The molecule has 0 spiro atoms. The number of rotatable bonds is 2. The van der Waals surface area contributed by atoms with Crippen molar-refractivity contribution < 1.29 is 14.2 Å². The number of methoxy groups -OCH3 is 2. The predicted octanol–water partition coefficient (Wildman–Crippen LogP) is 5.64. The lowest BCUT2D eigenvalue weighted by molar-refractivity contribution is -0.162. The number of fused-ring (bicyclic) bond motifs is 4. The highest BCUT2D eigenvalue weighted by molar-refractivity contribution is 5.52. The molecule has 0 saturated heterocycles. The first-order valence-electron chi connectivity index (χ1n) is 10.2. The van der Waals surface area contributed by atoms with Crippen LogP contribution in [0.25, 0.3) is 0 Å². The molecule has 4 rings (SSSR count). The summed E-state index contributed by atoms with van der Waals surface area (Å²) in [5.41, 5.74) is 1.98. The van der Waals surface area contributed by atoms with Crippen LogP contribution in [0, 0.1) is 22.7 Å². The average molecular weight is 359 g/mol. The standard InChI is InChI=1S/C23H34O3/c1-21(2)9-7-10-22(3)19(21)8-11-23(4)20(22)13-15-12-17(24-5)18(25-6)14-16(15)26-23/h12,14,19-20H,7-11,13H2,1-6H3/t19-,20+,22-,23+/m0/s1. The molecule has 3 aliphatic rings. The summed E-state index contributed by atoms with van der Waals surface area (Å²) in [6, 6.07) is 4.16. The lowest BCUT2D eigenvalue weighted by Crippen LogP contribution is -2.61. The molecular formula is C23H34O3. The predicted molar refractivity (Wildman–Crippen MR) is 104 cm³/mol. The van der Waals surface area contributed by atoms with Crippen LogP contribution in [-0.2, 0) is 6.42 Å². The molecule has 2 saturated carbocycles. The van der Waals surface area contributed by atoms with Crippen molar-refractivity contribution in [1.29, 1.82) is 0 Å². The number of hydrogen-bond donors (Lipinski definition) is 0. The topological polar surface area (TPSA) is 27.7 Å². The Balaban J connectivity index is 1.77. The van der Waals surface area contributed by atoms with Gasteiger partial charge in [0.1, 0.15) is 11.4 Å². The molecule has 4 atom stereocenters. The van der Waals surface area contributed by atoms with E-state index in [9.17, 15) is 0 Å². The fourth-order valence-electron chi connectivity index (χ4n) is 6.81. The first-order chi connectivity index (χ1) is 12.2. The number of benzene rings is 1. The van der Waals surface area contributed by atoms with Gasteiger partial charge in [0.05, 0.1) is 14.2 Å². The first kappa shape index (κ1) is 18.0. The monoisotopic (exact) mass is 358 g/mol. The van der Waals surface area contributed by atoms with E-state index in [-0.39, 0.29) is 5.60 Å². The molecule has 1 aliphatic heterocycles. The zero-order chi connectivity index (χ0) is 18.7. The Labute approximate surface area is 158 Å². The first-order valence-corrected chi connectivity index (χ1v) is 10.2. The molecule has 2 aliphatic carbocycles. The lowest BCUT2D eigenvalue weighted by atomic mass is 9.44. The van der Waals surface area contributed by atoms with Gasteiger partial charge < -0.3 is 14.2 Å². The van der Waals surface area contributed by atoms with Gasteiger partial charge in [-0.05, 0) is 67.4 Å². The van der Waals surface area contributed by atoms with Gasteiger partial charge in [-0.15, -0.1) is 0 Å². The number of ether oxygens (including phenoxy) is 3. The smallest absolute Gasteiger partial charge is 0.164 e. The van der Waals surface area contributed by atoms with Gasteiger partial charge in [0.15, 0.2) is 11.5 Å². The fourth-order valence-corrected chi connectivity index (χ4v) is 6.81. The molecule has 0 N–H and O–H groups in total. The van der Waals surface area contributed by atoms with E-state index in [2.05, 4.69) is 33.8 Å². The van der Waals surface area contributed by atoms with Crippen LogP contribution in [0.4, 0.5) is 0 Å². The Morgan fingerprint density at radius 3 is 2.31 bits per heavy atom. The summed E-state index contributed by atoms with van der Waals surface area (Å²) in [4.78, 5) is 0. The molecule has 3 heteroatoms. The maximum absolute atomic E-state index is 6.71. The molecule has 26 heavy (non-hydrogen) atoms. The number of hydrogen-bond acceptors (Lipinski definition) is 3. The zero-order valence-corrected chi connectivity index (χ0v) is 17.3. The van der Waals surface area contributed by atoms with Crippen LogP contribution in [0.3, 0.4) is 0 Å². The van der Waals surface area contributed by atoms with Crippen molar-refractivity contribution in [3.05, 3.63) is 17.7 Å². The highest BCUT2D eigenvalue weighted by Gasteiger charge is 2.60. The van der Waals surface area contributed by atoms with Crippen molar-refractivity contribution in [2.24, 2.45) is 22.7 Å². The van der Waals surface area contributed by atoms with Crippen molar-refractivity contribution in [3.8, 4) is 17.2 Å². The van der Waals surface area contributed by atoms with E-state index in [0.29, 0.717) is 16.7 Å². The Hall–Kier alpha value is -1.38. The van der Waals surface area contributed by atoms with Crippen molar-refractivity contribution in [1.82, 2.24) is 0 Å². The molecule has 0 bridgehead atoms. The zero-order valence-electron chi connectivity index (χ0n) is 17.3. The maximum Gasteiger partial charge on any atom is 0.164 e. The summed E-state index contributed by atoms with van der Waals surface area (Å²) in [5.74, 6) is 3.89. The molecule has 1 heterocycles. The van der Waals surface area contributed by atoms with Crippen LogP contribution in [-0.4, -0.2) is 19.8 Å². The third kappa shape index (κ3) is 2.46. The van der Waals surface area contributed by atoms with E-state index in [1.165, 1.54) is 31.2 Å². The molecule has 0 radical (unpaired) electrons. The Kier molecular flexibility index (Phi) is 4.02. The summed E-state index contributed by atoms with van der Waals surface area (Å²) in [5, 5.41) is 0. The van der Waals surface area contributed by atoms with Crippen LogP contribution in [0.5, 0.6) is 17.2 Å². The minimum atomic E-state index is -0.0781. The van der Waals surface area contributed by atoms with Crippen molar-refractivity contribution in [2.75, 3.05) is 14.2 Å². The second-order valence-corrected chi connectivity index (χ2v) is 9.93. The van der Waals surface area contributed by atoms with Crippen LogP contribution < -0.4 is 14.2 Å². The lowest BCUT2D eigenvalue weighted by Gasteiger charge is -2.63. The summed E-state index contributed by atoms with van der Waals surface area (Å²) < 4.78 is 17.8. The van der Waals surface area contributed by atoms with Crippen molar-refractivity contribution in [2.45, 2.75) is 71.8 Å². The molecule has 2 fully saturated rings. The van der Waals surface area contributed by atoms with Gasteiger partial charge in [-0.2, -0.15) is 0 Å². The van der Waals surface area contributed by atoms with Gasteiger partial charge in [0.2, 0.25) is 0 Å². The highest BCUT2D eigenvalue weighted by atomic mass is 16.5. The summed E-state index contributed by atoms with van der Waals surface area (Å²) >= 11 is 0. The normalized spacial score (nSPS) is 37.6.